The van der Waals surface area contributed by atoms with Crippen molar-refractivity contribution in [2.45, 2.75) is 37.5 Å². The predicted octanol–water partition coefficient (Wildman–Crippen LogP) is 4.26. The lowest BCUT2D eigenvalue weighted by Gasteiger charge is -2.16. The summed E-state index contributed by atoms with van der Waals surface area (Å²) in [4.78, 5) is 0.130. The second-order valence-electron chi connectivity index (χ2n) is 4.64. The van der Waals surface area contributed by atoms with E-state index in [0.717, 1.165) is 29.9 Å². The highest BCUT2D eigenvalue weighted by molar-refractivity contribution is 8.13. The molecule has 0 saturated heterocycles. The lowest BCUT2D eigenvalue weighted by atomic mass is 9.98. The van der Waals surface area contributed by atoms with Crippen LogP contribution in [0.4, 0.5) is 0 Å². The van der Waals surface area contributed by atoms with Crippen LogP contribution in [0.2, 0.25) is 0 Å². The molecule has 3 nitrogen and oxygen atoms in total. The highest BCUT2D eigenvalue weighted by Gasteiger charge is 2.16. The average Bonchev–Trinajstić information content (AvgIpc) is 2.41. The minimum absolute atomic E-state index is 0.130. The highest BCUT2D eigenvalue weighted by Crippen LogP contribution is 2.32. The van der Waals surface area contributed by atoms with Gasteiger partial charge in [0.25, 0.3) is 9.05 Å². The zero-order chi connectivity index (χ0) is 15.2. The number of benzene rings is 1. The zero-order valence-electron chi connectivity index (χ0n) is 12.1. The fourth-order valence-corrected chi connectivity index (χ4v) is 2.99. The van der Waals surface area contributed by atoms with Crippen LogP contribution < -0.4 is 4.74 Å². The van der Waals surface area contributed by atoms with Gasteiger partial charge in [-0.25, -0.2) is 8.42 Å². The first-order chi connectivity index (χ1) is 9.40. The van der Waals surface area contributed by atoms with E-state index in [-0.39, 0.29) is 10.8 Å². The van der Waals surface area contributed by atoms with Crippen molar-refractivity contribution in [1.82, 2.24) is 0 Å². The molecule has 0 N–H and O–H groups in total. The minimum Gasteiger partial charge on any atom is -0.493 e. The molecule has 6 heteroatoms. The van der Waals surface area contributed by atoms with Gasteiger partial charge in [0.2, 0.25) is 0 Å². The number of hydrogen-bond donors (Lipinski definition) is 0. The fraction of sp³-hybridized carbons (Fsp3) is 0.571. The SMILES string of the molecule is CCC(C)c1cc(S(=O)(=O)Cl)ccc1OCCCSC. The molecule has 0 amide bonds. The smallest absolute Gasteiger partial charge is 0.261 e. The van der Waals surface area contributed by atoms with Crippen LogP contribution in [0, 0.1) is 0 Å². The van der Waals surface area contributed by atoms with Crippen molar-refractivity contribution in [3.05, 3.63) is 23.8 Å². The maximum Gasteiger partial charge on any atom is 0.261 e. The molecule has 0 bridgehead atoms. The largest absolute Gasteiger partial charge is 0.493 e. The van der Waals surface area contributed by atoms with Gasteiger partial charge < -0.3 is 4.74 Å². The molecule has 1 aromatic carbocycles. The summed E-state index contributed by atoms with van der Waals surface area (Å²) in [5, 5.41) is 0. The molecule has 0 aliphatic rings. The molecule has 0 saturated carbocycles. The normalized spacial score (nSPS) is 13.2. The Morgan fingerprint density at radius 1 is 1.40 bits per heavy atom. The Labute approximate surface area is 130 Å². The van der Waals surface area contributed by atoms with Gasteiger partial charge in [-0.1, -0.05) is 13.8 Å². The molecular weight excluding hydrogens is 316 g/mol. The van der Waals surface area contributed by atoms with Crippen LogP contribution >= 0.6 is 22.4 Å². The molecule has 0 radical (unpaired) electrons. The summed E-state index contributed by atoms with van der Waals surface area (Å²) in [6.45, 7) is 4.75. The van der Waals surface area contributed by atoms with E-state index in [9.17, 15) is 8.42 Å². The van der Waals surface area contributed by atoms with Crippen LogP contribution in [0.5, 0.6) is 5.75 Å². The monoisotopic (exact) mass is 336 g/mol. The molecule has 1 atom stereocenters. The first kappa shape index (κ1) is 17.7. The van der Waals surface area contributed by atoms with Gasteiger partial charge in [-0.3, -0.25) is 0 Å². The van der Waals surface area contributed by atoms with Gasteiger partial charge in [0, 0.05) is 10.7 Å². The molecule has 0 aliphatic carbocycles. The van der Waals surface area contributed by atoms with E-state index in [1.807, 2.05) is 0 Å². The first-order valence-corrected chi connectivity index (χ1v) is 10.3. The number of halogens is 1. The van der Waals surface area contributed by atoms with Gasteiger partial charge in [0.1, 0.15) is 5.75 Å². The van der Waals surface area contributed by atoms with Crippen LogP contribution in [0.3, 0.4) is 0 Å². The number of thioether (sulfide) groups is 1. The number of ether oxygens (including phenoxy) is 1. The molecule has 1 rings (SSSR count). The maximum absolute atomic E-state index is 11.4. The third kappa shape index (κ3) is 5.19. The fourth-order valence-electron chi connectivity index (χ4n) is 1.80. The molecule has 0 fully saturated rings. The van der Waals surface area contributed by atoms with Gasteiger partial charge in [0.05, 0.1) is 11.5 Å². The molecular formula is C14H21ClO3S2. The number of rotatable bonds is 8. The Morgan fingerprint density at radius 2 is 2.10 bits per heavy atom. The molecule has 0 spiro atoms. The third-order valence-corrected chi connectivity index (χ3v) is 5.20. The Morgan fingerprint density at radius 3 is 2.65 bits per heavy atom. The van der Waals surface area contributed by atoms with E-state index >= 15 is 0 Å². The van der Waals surface area contributed by atoms with E-state index in [2.05, 4.69) is 20.1 Å². The molecule has 0 aromatic heterocycles. The lowest BCUT2D eigenvalue weighted by Crippen LogP contribution is -2.04. The van der Waals surface area contributed by atoms with Crippen molar-refractivity contribution in [3.63, 3.8) is 0 Å². The summed E-state index contributed by atoms with van der Waals surface area (Å²) >= 11 is 1.78. The van der Waals surface area contributed by atoms with E-state index in [4.69, 9.17) is 15.4 Å². The van der Waals surface area contributed by atoms with E-state index in [1.54, 1.807) is 23.9 Å². The molecule has 1 unspecified atom stereocenters. The van der Waals surface area contributed by atoms with Gasteiger partial charge in [-0.15, -0.1) is 0 Å². The average molecular weight is 337 g/mol. The van der Waals surface area contributed by atoms with Crippen molar-refractivity contribution >= 4 is 31.5 Å². The van der Waals surface area contributed by atoms with Crippen LogP contribution in [-0.4, -0.2) is 27.0 Å². The third-order valence-electron chi connectivity index (χ3n) is 3.16. The van der Waals surface area contributed by atoms with Gasteiger partial charge in [-0.2, -0.15) is 11.8 Å². The second kappa shape index (κ2) is 8.15. The van der Waals surface area contributed by atoms with E-state index in [1.165, 1.54) is 6.07 Å². The van der Waals surface area contributed by atoms with E-state index < -0.39 is 9.05 Å². The van der Waals surface area contributed by atoms with Crippen LogP contribution in [-0.2, 0) is 9.05 Å². The zero-order valence-corrected chi connectivity index (χ0v) is 14.4. The topological polar surface area (TPSA) is 43.4 Å². The molecule has 114 valence electrons. The van der Waals surface area contributed by atoms with Gasteiger partial charge >= 0.3 is 0 Å². The van der Waals surface area contributed by atoms with Crippen molar-refractivity contribution in [2.75, 3.05) is 18.6 Å². The maximum atomic E-state index is 11.4. The Balaban J connectivity index is 2.98. The quantitative estimate of drug-likeness (QED) is 0.525. The molecule has 1 aromatic rings. The van der Waals surface area contributed by atoms with Crippen molar-refractivity contribution in [2.24, 2.45) is 0 Å². The summed E-state index contributed by atoms with van der Waals surface area (Å²) < 4.78 is 28.6. The lowest BCUT2D eigenvalue weighted by molar-refractivity contribution is 0.313. The summed E-state index contributed by atoms with van der Waals surface area (Å²) in [6.07, 6.45) is 3.94. The molecule has 20 heavy (non-hydrogen) atoms. The van der Waals surface area contributed by atoms with E-state index in [0.29, 0.717) is 6.61 Å². The van der Waals surface area contributed by atoms with Crippen LogP contribution in [0.1, 0.15) is 38.2 Å². The van der Waals surface area contributed by atoms with Crippen molar-refractivity contribution in [3.8, 4) is 5.75 Å². The summed E-state index contributed by atoms with van der Waals surface area (Å²) in [5.41, 5.74) is 0.901. The first-order valence-electron chi connectivity index (χ1n) is 6.60. The summed E-state index contributed by atoms with van der Waals surface area (Å²) in [5.74, 6) is 2.03. The number of hydrogen-bond acceptors (Lipinski definition) is 4. The second-order valence-corrected chi connectivity index (χ2v) is 8.19. The standard InChI is InChI=1S/C14H21ClO3S2/c1-4-11(2)13-10-12(20(15,16)17)6-7-14(13)18-8-5-9-19-3/h6-7,10-11H,4-5,8-9H2,1-3H3. The predicted molar refractivity (Wildman–Crippen MR) is 86.7 cm³/mol. The van der Waals surface area contributed by atoms with Crippen LogP contribution in [0.15, 0.2) is 23.1 Å². The molecule has 0 heterocycles. The summed E-state index contributed by atoms with van der Waals surface area (Å²) in [7, 11) is 1.71. The van der Waals surface area contributed by atoms with Crippen molar-refractivity contribution in [1.29, 1.82) is 0 Å². The van der Waals surface area contributed by atoms with Gasteiger partial charge in [-0.05, 0) is 54.5 Å². The van der Waals surface area contributed by atoms with Crippen molar-refractivity contribution < 1.29 is 13.2 Å². The minimum atomic E-state index is -3.70. The highest BCUT2D eigenvalue weighted by atomic mass is 35.7. The Kier molecular flexibility index (Phi) is 7.20. The Bertz CT molecular complexity index is 529. The van der Waals surface area contributed by atoms with Gasteiger partial charge in [0.15, 0.2) is 0 Å². The summed E-state index contributed by atoms with van der Waals surface area (Å²) in [6, 6.07) is 4.83. The Hall–Kier alpha value is -0.390. The molecule has 0 aliphatic heterocycles. The van der Waals surface area contributed by atoms with Crippen LogP contribution in [0.25, 0.3) is 0 Å².